The molecule has 5 rings (SSSR count). The maximum atomic E-state index is 12.3. The van der Waals surface area contributed by atoms with Gasteiger partial charge in [-0.15, -0.1) is 10.2 Å². The molecule has 0 aliphatic carbocycles. The summed E-state index contributed by atoms with van der Waals surface area (Å²) in [6.45, 7) is 13.5. The Morgan fingerprint density at radius 2 is 1.20 bits per heavy atom. The number of H-pyrrole nitrogens is 1. The van der Waals surface area contributed by atoms with Gasteiger partial charge < -0.3 is 30.3 Å². The fourth-order valence-electron chi connectivity index (χ4n) is 5.78. The molecular formula is C34H45N10NaO4. The number of nitriles is 1. The molecule has 15 heteroatoms. The summed E-state index contributed by atoms with van der Waals surface area (Å²) < 4.78 is 10.9. The Bertz CT molecular complexity index is 1530. The van der Waals surface area contributed by atoms with Gasteiger partial charge in [0.25, 0.3) is 0 Å². The van der Waals surface area contributed by atoms with Crippen molar-refractivity contribution in [3.05, 3.63) is 93.6 Å². The molecule has 2 saturated heterocycles. The second kappa shape index (κ2) is 18.0. The molecule has 2 aliphatic heterocycles. The molecule has 0 unspecified atom stereocenters. The topological polar surface area (TPSA) is 196 Å². The summed E-state index contributed by atoms with van der Waals surface area (Å²) in [5.74, 6) is 0.678. The summed E-state index contributed by atoms with van der Waals surface area (Å²) in [4.78, 5) is 29.3. The minimum Gasteiger partial charge on any atom is -0.444 e. The first-order chi connectivity index (χ1) is 22.7. The van der Waals surface area contributed by atoms with E-state index in [1.807, 2.05) is 90.1 Å². The first-order valence-corrected chi connectivity index (χ1v) is 15.9. The number of likely N-dealkylation sites (tertiary alicyclic amines) is 2. The molecule has 14 nitrogen and oxygen atoms in total. The molecule has 3 aromatic rings. The molecule has 1 aromatic heterocycles. The summed E-state index contributed by atoms with van der Waals surface area (Å²) in [6, 6.07) is 22.5. The molecular weight excluding hydrogens is 635 g/mol. The second-order valence-electron chi connectivity index (χ2n) is 13.8. The number of carbonyl (C=O) groups is 2. The number of hydrogen-bond donors (Lipinski definition) is 1. The average Bonchev–Trinajstić information content (AvgIpc) is 3.61. The molecule has 49 heavy (non-hydrogen) atoms. The maximum Gasteiger partial charge on any atom is 1.00 e. The third-order valence-corrected chi connectivity index (χ3v) is 8.18. The zero-order chi connectivity index (χ0) is 35.4. The van der Waals surface area contributed by atoms with Crippen LogP contribution in [0.4, 0.5) is 9.59 Å². The maximum absolute atomic E-state index is 12.3. The Hall–Kier alpha value is -4.15. The van der Waals surface area contributed by atoms with Crippen LogP contribution in [0.1, 0.15) is 84.2 Å². The van der Waals surface area contributed by atoms with Crippen molar-refractivity contribution in [3.8, 4) is 6.07 Å². The van der Waals surface area contributed by atoms with Gasteiger partial charge in [-0.1, -0.05) is 65.9 Å². The molecule has 2 aliphatic rings. The predicted molar refractivity (Wildman–Crippen MR) is 179 cm³/mol. The molecule has 2 fully saturated rings. The summed E-state index contributed by atoms with van der Waals surface area (Å²) in [6.07, 6.45) is 2.20. The standard InChI is InChI=1S/C17H23N5O2.C17H22N2O2.N3.Na/c1-16(2,3)24-15(23)22-11-9-17(10-12-22,14-18-20-21-19-14)13-7-5-4-6-8-13;1-16(2,3)21-15(20)19-11-9-17(13-18,10-12-19)14-7-5-4-6-8-14;1-3-2;/h4-8H,9-12H2,1-3H3,(H,18,19,20,21);4-8H,9-12H2,1-3H3;;/q;;-1;+1. The molecule has 0 bridgehead atoms. The number of carbonyl (C=O) groups excluding carboxylic acids is 2. The normalized spacial score (nSPS) is 16.4. The van der Waals surface area contributed by atoms with Crippen molar-refractivity contribution in [1.29, 1.82) is 5.26 Å². The second-order valence-corrected chi connectivity index (χ2v) is 13.8. The summed E-state index contributed by atoms with van der Waals surface area (Å²) in [5.41, 5.74) is 13.9. The zero-order valence-corrected chi connectivity index (χ0v) is 31.6. The van der Waals surface area contributed by atoms with E-state index < -0.39 is 16.6 Å². The number of nitrogens with one attached hydrogen (secondary N) is 1. The summed E-state index contributed by atoms with van der Waals surface area (Å²) in [7, 11) is 0. The Labute approximate surface area is 310 Å². The van der Waals surface area contributed by atoms with E-state index in [1.165, 1.54) is 4.91 Å². The van der Waals surface area contributed by atoms with Gasteiger partial charge in [0.2, 0.25) is 0 Å². The molecule has 0 radical (unpaired) electrons. The largest absolute Gasteiger partial charge is 1.00 e. The van der Waals surface area contributed by atoms with Crippen molar-refractivity contribution in [3.63, 3.8) is 0 Å². The molecule has 0 atom stereocenters. The first kappa shape index (κ1) is 41.0. The number of benzene rings is 2. The van der Waals surface area contributed by atoms with E-state index in [1.54, 1.807) is 9.80 Å². The van der Waals surface area contributed by atoms with Crippen LogP contribution in [0.5, 0.6) is 0 Å². The van der Waals surface area contributed by atoms with Crippen molar-refractivity contribution >= 4 is 12.2 Å². The quantitative estimate of drug-likeness (QED) is 0.186. The van der Waals surface area contributed by atoms with Gasteiger partial charge in [0, 0.05) is 26.2 Å². The van der Waals surface area contributed by atoms with Crippen LogP contribution in [-0.4, -0.2) is 80.0 Å². The number of amides is 2. The predicted octanol–water partition coefficient (Wildman–Crippen LogP) is 3.87. The van der Waals surface area contributed by atoms with Gasteiger partial charge in [0.1, 0.15) is 11.2 Å². The van der Waals surface area contributed by atoms with Crippen molar-refractivity contribution in [2.45, 2.75) is 89.3 Å². The Balaban J connectivity index is 0.000000312. The van der Waals surface area contributed by atoms with Gasteiger partial charge in [0.05, 0.1) is 16.9 Å². The van der Waals surface area contributed by atoms with Crippen molar-refractivity contribution in [2.24, 2.45) is 0 Å². The summed E-state index contributed by atoms with van der Waals surface area (Å²) in [5, 5.41) is 24.4. The molecule has 3 heterocycles. The molecule has 256 valence electrons. The Morgan fingerprint density at radius 1 is 0.796 bits per heavy atom. The van der Waals surface area contributed by atoms with Crippen molar-refractivity contribution in [2.75, 3.05) is 26.2 Å². The van der Waals surface area contributed by atoms with Crippen LogP contribution >= 0.6 is 0 Å². The number of hydrogen-bond acceptors (Lipinski definition) is 8. The third-order valence-electron chi connectivity index (χ3n) is 8.18. The van der Waals surface area contributed by atoms with Gasteiger partial charge in [0.15, 0.2) is 5.82 Å². The van der Waals surface area contributed by atoms with E-state index in [4.69, 9.17) is 20.5 Å². The SMILES string of the molecule is CC(C)(C)OC(=O)N1CCC(C#N)(c2ccccc2)CC1.CC(C)(C)OC(=O)N1CCC(c2ccccc2)(c2nn[nH]n2)CC1.[N-]=[N+]=[N-].[Na+]. The molecule has 0 saturated carbocycles. The third kappa shape index (κ3) is 11.5. The fraction of sp³-hybridized carbons (Fsp3) is 0.529. The fourth-order valence-corrected chi connectivity index (χ4v) is 5.78. The number of piperidine rings is 2. The molecule has 1 N–H and O–H groups in total. The number of aromatic nitrogens is 4. The van der Waals surface area contributed by atoms with Gasteiger partial charge in [-0.3, -0.25) is 4.91 Å². The van der Waals surface area contributed by atoms with Gasteiger partial charge in [-0.2, -0.15) is 10.5 Å². The van der Waals surface area contributed by atoms with E-state index >= 15 is 0 Å². The van der Waals surface area contributed by atoms with E-state index in [-0.39, 0.29) is 47.2 Å². The van der Waals surface area contributed by atoms with Crippen LogP contribution in [0.3, 0.4) is 0 Å². The van der Waals surface area contributed by atoms with Crippen LogP contribution in [0, 0.1) is 11.3 Å². The number of nitrogens with zero attached hydrogens (tertiary/aromatic N) is 9. The first-order valence-electron chi connectivity index (χ1n) is 15.9. The van der Waals surface area contributed by atoms with Crippen LogP contribution in [0.2, 0.25) is 0 Å². The minimum absolute atomic E-state index is 0. The Kier molecular flexibility index (Phi) is 15.1. The van der Waals surface area contributed by atoms with Crippen LogP contribution in [-0.2, 0) is 20.3 Å². The van der Waals surface area contributed by atoms with E-state index in [0.29, 0.717) is 44.8 Å². The van der Waals surface area contributed by atoms with E-state index in [2.05, 4.69) is 38.8 Å². The van der Waals surface area contributed by atoms with Crippen LogP contribution < -0.4 is 29.6 Å². The molecule has 0 spiro atoms. The van der Waals surface area contributed by atoms with Crippen molar-refractivity contribution < 1.29 is 48.6 Å². The zero-order valence-electron chi connectivity index (χ0n) is 29.6. The monoisotopic (exact) mass is 680 g/mol. The molecule has 2 aromatic carbocycles. The van der Waals surface area contributed by atoms with Crippen LogP contribution in [0.15, 0.2) is 60.7 Å². The number of ether oxygens (including phenoxy) is 2. The Morgan fingerprint density at radius 3 is 1.57 bits per heavy atom. The number of tetrazole rings is 1. The number of rotatable bonds is 3. The molecule has 2 amide bonds. The average molecular weight is 681 g/mol. The minimum atomic E-state index is -0.487. The van der Waals surface area contributed by atoms with Gasteiger partial charge in [-0.05, 0) is 78.4 Å². The summed E-state index contributed by atoms with van der Waals surface area (Å²) >= 11 is 0. The van der Waals surface area contributed by atoms with Gasteiger partial charge >= 0.3 is 41.7 Å². The number of aromatic amines is 1. The van der Waals surface area contributed by atoms with Crippen molar-refractivity contribution in [1.82, 2.24) is 30.4 Å². The van der Waals surface area contributed by atoms with E-state index in [9.17, 15) is 14.9 Å². The smallest absolute Gasteiger partial charge is 0.444 e. The van der Waals surface area contributed by atoms with E-state index in [0.717, 1.165) is 24.0 Å². The van der Waals surface area contributed by atoms with Crippen LogP contribution in [0.25, 0.3) is 16.0 Å². The van der Waals surface area contributed by atoms with Gasteiger partial charge in [-0.25, -0.2) is 9.59 Å².